The second-order valence-electron chi connectivity index (χ2n) is 15.6. The van der Waals surface area contributed by atoms with E-state index < -0.39 is 30.3 Å². The molecule has 0 spiro atoms. The summed E-state index contributed by atoms with van der Waals surface area (Å²) < 4.78 is 22.5. The Labute approximate surface area is 359 Å². The van der Waals surface area contributed by atoms with Crippen molar-refractivity contribution in [2.75, 3.05) is 47.5 Å². The van der Waals surface area contributed by atoms with Gasteiger partial charge in [0, 0.05) is 12.8 Å². The first-order chi connectivity index (χ1) is 28.6. The lowest BCUT2D eigenvalue weighted by Crippen LogP contribution is -2.44. The van der Waals surface area contributed by atoms with E-state index in [0.29, 0.717) is 23.9 Å². The van der Waals surface area contributed by atoms with Gasteiger partial charge in [0.15, 0.2) is 12.4 Å². The summed E-state index contributed by atoms with van der Waals surface area (Å²) in [6, 6.07) is 0. The molecule has 0 saturated heterocycles. The van der Waals surface area contributed by atoms with Crippen molar-refractivity contribution in [3.8, 4) is 0 Å². The normalized spacial score (nSPS) is 13.8. The highest BCUT2D eigenvalue weighted by Gasteiger charge is 2.21. The van der Waals surface area contributed by atoms with Crippen molar-refractivity contribution in [2.45, 2.75) is 155 Å². The number of carbonyl (C=O) groups excluding carboxylic acids is 3. The first-order valence-corrected chi connectivity index (χ1v) is 22.4. The number of carboxylic acid groups (broad SMARTS) is 1. The molecule has 334 valence electrons. The van der Waals surface area contributed by atoms with Crippen LogP contribution in [0.15, 0.2) is 97.2 Å². The van der Waals surface area contributed by atoms with Gasteiger partial charge in [0.25, 0.3) is 0 Å². The fourth-order valence-electron chi connectivity index (χ4n) is 5.40. The largest absolute Gasteiger partial charge is 0.545 e. The number of quaternary nitrogens is 1. The second-order valence-corrected chi connectivity index (χ2v) is 15.6. The highest BCUT2D eigenvalue weighted by molar-refractivity contribution is 5.70. The molecule has 0 bridgehead atoms. The lowest BCUT2D eigenvalue weighted by molar-refractivity contribution is -0.870. The van der Waals surface area contributed by atoms with E-state index in [0.717, 1.165) is 103 Å². The Bertz CT molecular complexity index is 1280. The molecular formula is C50H81NO8. The third kappa shape index (κ3) is 42.1. The van der Waals surface area contributed by atoms with Gasteiger partial charge in [-0.2, -0.15) is 0 Å². The van der Waals surface area contributed by atoms with E-state index in [9.17, 15) is 19.5 Å². The number of carboxylic acids is 1. The predicted molar refractivity (Wildman–Crippen MR) is 241 cm³/mol. The summed E-state index contributed by atoms with van der Waals surface area (Å²) in [5.74, 6) is -2.37. The number of nitrogens with zero attached hydrogens (tertiary/aromatic N) is 1. The lowest BCUT2D eigenvalue weighted by Gasteiger charge is -2.26. The molecule has 0 radical (unpaired) electrons. The molecule has 0 rings (SSSR count). The van der Waals surface area contributed by atoms with E-state index in [-0.39, 0.29) is 32.7 Å². The molecular weight excluding hydrogens is 743 g/mol. The zero-order valence-electron chi connectivity index (χ0n) is 37.6. The van der Waals surface area contributed by atoms with Crippen LogP contribution in [0.25, 0.3) is 0 Å². The molecule has 2 unspecified atom stereocenters. The maximum absolute atomic E-state index is 12.8. The zero-order valence-corrected chi connectivity index (χ0v) is 37.6. The van der Waals surface area contributed by atoms with Gasteiger partial charge in [0.1, 0.15) is 13.2 Å². The van der Waals surface area contributed by atoms with Crippen molar-refractivity contribution >= 4 is 17.9 Å². The summed E-state index contributed by atoms with van der Waals surface area (Å²) in [5, 5.41) is 11.7. The highest BCUT2D eigenvalue weighted by Crippen LogP contribution is 2.11. The number of carbonyl (C=O) groups is 3. The average Bonchev–Trinajstić information content (AvgIpc) is 3.19. The summed E-state index contributed by atoms with van der Waals surface area (Å²) in [5.41, 5.74) is 0. The number of ether oxygens (including phenoxy) is 4. The highest BCUT2D eigenvalue weighted by atomic mass is 16.7. The maximum atomic E-state index is 12.8. The van der Waals surface area contributed by atoms with Crippen molar-refractivity contribution in [3.63, 3.8) is 0 Å². The van der Waals surface area contributed by atoms with Gasteiger partial charge >= 0.3 is 11.9 Å². The SMILES string of the molecule is CC/C=C\C/C=C\C/C=C\C/C=C\C/C=C\CCCCCCCC(=O)OC(COC(=O)CCCCC/C=C\C/C=C\C/C=C\CC)COC(OCC[N+](C)(C)C)C(=O)[O-]. The Morgan fingerprint density at radius 2 is 0.915 bits per heavy atom. The van der Waals surface area contributed by atoms with Crippen molar-refractivity contribution in [3.05, 3.63) is 97.2 Å². The molecule has 0 aliphatic heterocycles. The van der Waals surface area contributed by atoms with Gasteiger partial charge in [-0.05, 0) is 89.9 Å². The first kappa shape index (κ1) is 55.2. The number of likely N-dealkylation sites (N-methyl/N-ethyl adjacent to an activating group) is 1. The number of unbranched alkanes of at least 4 members (excludes halogenated alkanes) is 8. The van der Waals surface area contributed by atoms with Crippen LogP contribution in [0.3, 0.4) is 0 Å². The van der Waals surface area contributed by atoms with Gasteiger partial charge in [0.05, 0.1) is 40.3 Å². The maximum Gasteiger partial charge on any atom is 0.306 e. The van der Waals surface area contributed by atoms with Gasteiger partial charge in [-0.25, -0.2) is 0 Å². The fourth-order valence-corrected chi connectivity index (χ4v) is 5.40. The quantitative estimate of drug-likeness (QED) is 0.0198. The summed E-state index contributed by atoms with van der Waals surface area (Å²) >= 11 is 0. The molecule has 0 aromatic rings. The topological polar surface area (TPSA) is 111 Å². The van der Waals surface area contributed by atoms with E-state index in [4.69, 9.17) is 18.9 Å². The molecule has 59 heavy (non-hydrogen) atoms. The smallest absolute Gasteiger partial charge is 0.306 e. The van der Waals surface area contributed by atoms with Crippen molar-refractivity contribution in [1.82, 2.24) is 0 Å². The van der Waals surface area contributed by atoms with Crippen LogP contribution in [-0.4, -0.2) is 82.3 Å². The molecule has 2 atom stereocenters. The Morgan fingerprint density at radius 3 is 1.37 bits per heavy atom. The van der Waals surface area contributed by atoms with Crippen LogP contribution in [0.1, 0.15) is 142 Å². The van der Waals surface area contributed by atoms with E-state index in [1.54, 1.807) is 0 Å². The number of esters is 2. The van der Waals surface area contributed by atoms with Gasteiger partial charge in [-0.3, -0.25) is 9.59 Å². The van der Waals surface area contributed by atoms with Gasteiger partial charge < -0.3 is 33.3 Å². The third-order valence-corrected chi connectivity index (χ3v) is 8.83. The van der Waals surface area contributed by atoms with Crippen LogP contribution in [0.4, 0.5) is 0 Å². The molecule has 9 nitrogen and oxygen atoms in total. The first-order valence-electron chi connectivity index (χ1n) is 22.4. The molecule has 0 aromatic carbocycles. The summed E-state index contributed by atoms with van der Waals surface area (Å²) in [6.07, 6.45) is 50.1. The van der Waals surface area contributed by atoms with Crippen molar-refractivity contribution in [2.24, 2.45) is 0 Å². The average molecular weight is 824 g/mol. The molecule has 0 aliphatic rings. The van der Waals surface area contributed by atoms with Gasteiger partial charge in [0.2, 0.25) is 0 Å². The number of hydrogen-bond acceptors (Lipinski definition) is 8. The van der Waals surface area contributed by atoms with Gasteiger partial charge in [-0.1, -0.05) is 137 Å². The van der Waals surface area contributed by atoms with E-state index in [1.807, 2.05) is 21.1 Å². The van der Waals surface area contributed by atoms with Crippen LogP contribution in [0.2, 0.25) is 0 Å². The number of rotatable bonds is 39. The number of aliphatic carboxylic acids is 1. The van der Waals surface area contributed by atoms with E-state index >= 15 is 0 Å². The second kappa shape index (κ2) is 41.0. The van der Waals surface area contributed by atoms with Crippen LogP contribution in [0, 0.1) is 0 Å². The molecule has 0 aromatic heterocycles. The van der Waals surface area contributed by atoms with Gasteiger partial charge in [-0.15, -0.1) is 0 Å². The van der Waals surface area contributed by atoms with Crippen LogP contribution in [-0.2, 0) is 33.3 Å². The monoisotopic (exact) mass is 824 g/mol. The standard InChI is InChI=1S/C50H81NO8/c1-6-8-10-12-14-16-18-20-21-22-23-24-25-26-27-29-31-33-35-37-39-41-48(53)59-46(45-58-50(49(54)55)56-43-42-51(3,4)5)44-57-47(52)40-38-36-34-32-30-28-19-17-15-13-11-9-7-2/h8-11,14-17,20-21,23-24,26-28,30,46,50H,6-7,12-13,18-19,22,25,29,31-45H2,1-5H3/b10-8-,11-9-,16-14-,17-15-,21-20-,24-23-,27-26-,30-28-. The van der Waals surface area contributed by atoms with E-state index in [2.05, 4.69) is 111 Å². The zero-order chi connectivity index (χ0) is 43.5. The predicted octanol–water partition coefficient (Wildman–Crippen LogP) is 10.5. The van der Waals surface area contributed by atoms with Crippen LogP contribution < -0.4 is 5.11 Å². The molecule has 0 aliphatic carbocycles. The van der Waals surface area contributed by atoms with E-state index in [1.165, 1.54) is 0 Å². The minimum Gasteiger partial charge on any atom is -0.545 e. The van der Waals surface area contributed by atoms with Crippen molar-refractivity contribution < 1.29 is 42.9 Å². The number of allylic oxidation sites excluding steroid dienone is 16. The molecule has 0 saturated carbocycles. The Hall–Kier alpha value is -3.79. The molecule has 0 amide bonds. The lowest BCUT2D eigenvalue weighted by atomic mass is 10.1. The Morgan fingerprint density at radius 1 is 0.508 bits per heavy atom. The van der Waals surface area contributed by atoms with Crippen LogP contribution in [0.5, 0.6) is 0 Å². The molecule has 9 heteroatoms. The Balaban J connectivity index is 4.52. The van der Waals surface area contributed by atoms with Crippen LogP contribution >= 0.6 is 0 Å². The molecule has 0 heterocycles. The minimum absolute atomic E-state index is 0.133. The molecule has 0 fully saturated rings. The summed E-state index contributed by atoms with van der Waals surface area (Å²) in [4.78, 5) is 37.0. The van der Waals surface area contributed by atoms with Crippen molar-refractivity contribution in [1.29, 1.82) is 0 Å². The number of hydrogen-bond donors (Lipinski definition) is 0. The summed E-state index contributed by atoms with van der Waals surface area (Å²) in [7, 11) is 5.88. The summed E-state index contributed by atoms with van der Waals surface area (Å²) in [6.45, 7) is 4.41. The Kier molecular flexibility index (Phi) is 38.3. The third-order valence-electron chi connectivity index (χ3n) is 8.83. The molecule has 0 N–H and O–H groups in total. The fraction of sp³-hybridized carbons (Fsp3) is 0.620. The minimum atomic E-state index is -1.64.